The number of H-pyrrole nitrogens is 1. The van der Waals surface area contributed by atoms with E-state index in [1.165, 1.54) is 25.3 Å². The summed E-state index contributed by atoms with van der Waals surface area (Å²) in [6.07, 6.45) is -1.50. The van der Waals surface area contributed by atoms with Crippen molar-refractivity contribution in [1.29, 1.82) is 0 Å². The largest absolute Gasteiger partial charge is 0.504 e. The summed E-state index contributed by atoms with van der Waals surface area (Å²) in [6.45, 7) is -2.51. The second kappa shape index (κ2) is 8.29. The Morgan fingerprint density at radius 2 is 1.86 bits per heavy atom. The highest BCUT2D eigenvalue weighted by atomic mass is 19.1. The zero-order valence-corrected chi connectivity index (χ0v) is 15.2. The van der Waals surface area contributed by atoms with Crippen molar-refractivity contribution in [1.82, 2.24) is 9.55 Å². The van der Waals surface area contributed by atoms with Crippen LogP contribution in [0.1, 0.15) is 5.56 Å². The monoisotopic (exact) mass is 410 g/mol. The van der Waals surface area contributed by atoms with E-state index in [-0.39, 0.29) is 28.9 Å². The van der Waals surface area contributed by atoms with Gasteiger partial charge < -0.3 is 19.6 Å². The molecule has 3 rings (SSSR count). The van der Waals surface area contributed by atoms with Crippen LogP contribution in [-0.4, -0.2) is 41.2 Å². The Morgan fingerprint density at radius 1 is 1.14 bits per heavy atom. The number of aromatic hydroxyl groups is 1. The Hall–Kier alpha value is -3.43. The molecule has 0 amide bonds. The highest BCUT2D eigenvalue weighted by Gasteiger charge is 2.17. The predicted octanol–water partition coefficient (Wildman–Crippen LogP) is 2.28. The van der Waals surface area contributed by atoms with Gasteiger partial charge in [-0.05, 0) is 23.8 Å². The number of ether oxygens (including phenoxy) is 2. The fraction of sp³-hybridized carbons (Fsp3) is 0.263. The summed E-state index contributed by atoms with van der Waals surface area (Å²) >= 11 is 0. The number of nitrogens with one attached hydrogen (secondary N) is 1. The molecule has 0 unspecified atom stereocenters. The molecular weight excluding hydrogens is 393 g/mol. The van der Waals surface area contributed by atoms with Crippen molar-refractivity contribution in [2.45, 2.75) is 12.6 Å². The molecule has 1 heterocycles. The number of alkyl halides is 2. The van der Waals surface area contributed by atoms with Crippen molar-refractivity contribution < 1.29 is 27.8 Å². The molecule has 0 aliphatic carbocycles. The molecule has 0 atom stereocenters. The number of halogens is 3. The molecule has 2 N–H and O–H groups in total. The maximum absolute atomic E-state index is 14.1. The maximum Gasteiger partial charge on any atom is 0.329 e. The van der Waals surface area contributed by atoms with Gasteiger partial charge in [-0.2, -0.15) is 0 Å². The fourth-order valence-electron chi connectivity index (χ4n) is 2.77. The van der Waals surface area contributed by atoms with E-state index in [0.29, 0.717) is 5.56 Å². The van der Waals surface area contributed by atoms with Gasteiger partial charge in [-0.3, -0.25) is 9.36 Å². The van der Waals surface area contributed by atoms with Crippen LogP contribution in [0.2, 0.25) is 0 Å². The summed E-state index contributed by atoms with van der Waals surface area (Å²) in [5, 5.41) is 9.56. The molecule has 154 valence electrons. The van der Waals surface area contributed by atoms with Crippen LogP contribution >= 0.6 is 0 Å². The van der Waals surface area contributed by atoms with Crippen molar-refractivity contribution in [3.63, 3.8) is 0 Å². The Kier molecular flexibility index (Phi) is 5.81. The molecule has 3 aromatic rings. The van der Waals surface area contributed by atoms with Crippen LogP contribution in [0.4, 0.5) is 13.2 Å². The third kappa shape index (κ3) is 4.05. The first-order valence-electron chi connectivity index (χ1n) is 8.48. The van der Waals surface area contributed by atoms with Gasteiger partial charge in [0.05, 0.1) is 24.6 Å². The number of aromatic nitrogens is 2. The minimum atomic E-state index is -1.50. The number of nitrogens with zero attached hydrogens (tertiary/aromatic N) is 1. The van der Waals surface area contributed by atoms with E-state index in [9.17, 15) is 27.9 Å². The minimum Gasteiger partial charge on any atom is -0.504 e. The highest BCUT2D eigenvalue weighted by molar-refractivity contribution is 5.79. The number of fused-ring (bicyclic) bond motifs is 1. The number of hydrogen-bond donors (Lipinski definition) is 2. The van der Waals surface area contributed by atoms with Crippen molar-refractivity contribution in [2.75, 3.05) is 20.5 Å². The van der Waals surface area contributed by atoms with Gasteiger partial charge in [0, 0.05) is 6.07 Å². The van der Waals surface area contributed by atoms with Gasteiger partial charge >= 0.3 is 5.69 Å². The second-order valence-electron chi connectivity index (χ2n) is 6.20. The lowest BCUT2D eigenvalue weighted by Crippen LogP contribution is -2.35. The smallest absolute Gasteiger partial charge is 0.329 e. The van der Waals surface area contributed by atoms with Gasteiger partial charge in [0.25, 0.3) is 5.56 Å². The SMILES string of the molecule is COc1cc(Cn2c(=O)[nH]c3cc(F)c(OC(CF)CF)cc3c2=O)ccc1O. The van der Waals surface area contributed by atoms with Crippen LogP contribution in [-0.2, 0) is 6.54 Å². The van der Waals surface area contributed by atoms with E-state index in [0.717, 1.165) is 16.7 Å². The van der Waals surface area contributed by atoms with Crippen molar-refractivity contribution >= 4 is 10.9 Å². The molecule has 0 fully saturated rings. The molecule has 7 nitrogen and oxygen atoms in total. The van der Waals surface area contributed by atoms with Crippen molar-refractivity contribution in [2.24, 2.45) is 0 Å². The minimum absolute atomic E-state index is 0.0820. The Bertz CT molecular complexity index is 1160. The zero-order chi connectivity index (χ0) is 21.1. The van der Waals surface area contributed by atoms with Crippen LogP contribution in [0.25, 0.3) is 10.9 Å². The Morgan fingerprint density at radius 3 is 2.52 bits per heavy atom. The van der Waals surface area contributed by atoms with E-state index in [1.54, 1.807) is 0 Å². The van der Waals surface area contributed by atoms with E-state index in [1.807, 2.05) is 0 Å². The Labute approximate surface area is 161 Å². The molecular formula is C19H17F3N2O5. The van der Waals surface area contributed by atoms with Gasteiger partial charge in [0.15, 0.2) is 29.2 Å². The second-order valence-corrected chi connectivity index (χ2v) is 6.20. The molecule has 10 heteroatoms. The van der Waals surface area contributed by atoms with E-state index in [4.69, 9.17) is 9.47 Å². The third-order valence-electron chi connectivity index (χ3n) is 4.26. The summed E-state index contributed by atoms with van der Waals surface area (Å²) in [7, 11) is 1.35. The topological polar surface area (TPSA) is 93.5 Å². The van der Waals surface area contributed by atoms with Gasteiger partial charge in [0.2, 0.25) is 0 Å². The van der Waals surface area contributed by atoms with Crippen molar-refractivity contribution in [3.8, 4) is 17.2 Å². The number of phenolic OH excluding ortho intramolecular Hbond substituents is 1. The van der Waals surface area contributed by atoms with Gasteiger partial charge in [-0.15, -0.1) is 0 Å². The quantitative estimate of drug-likeness (QED) is 0.623. The normalized spacial score (nSPS) is 11.2. The van der Waals surface area contributed by atoms with Crippen LogP contribution in [0.5, 0.6) is 17.2 Å². The summed E-state index contributed by atoms with van der Waals surface area (Å²) in [5.74, 6) is -1.42. The number of benzene rings is 2. The van der Waals surface area contributed by atoms with Crippen LogP contribution in [0.15, 0.2) is 39.9 Å². The van der Waals surface area contributed by atoms with Gasteiger partial charge in [-0.1, -0.05) is 6.07 Å². The summed E-state index contributed by atoms with van der Waals surface area (Å²) in [5.41, 5.74) is -1.13. The summed E-state index contributed by atoms with van der Waals surface area (Å²) in [4.78, 5) is 27.5. The fourth-order valence-corrected chi connectivity index (χ4v) is 2.77. The third-order valence-corrected chi connectivity index (χ3v) is 4.26. The zero-order valence-electron chi connectivity index (χ0n) is 15.2. The van der Waals surface area contributed by atoms with E-state index >= 15 is 0 Å². The van der Waals surface area contributed by atoms with E-state index < -0.39 is 42.3 Å². The molecule has 0 saturated carbocycles. The highest BCUT2D eigenvalue weighted by Crippen LogP contribution is 2.26. The number of rotatable bonds is 7. The number of hydrogen-bond acceptors (Lipinski definition) is 5. The molecule has 0 bridgehead atoms. The maximum atomic E-state index is 14.1. The summed E-state index contributed by atoms with van der Waals surface area (Å²) in [6, 6.07) is 6.16. The first-order valence-corrected chi connectivity index (χ1v) is 8.48. The first-order chi connectivity index (χ1) is 13.9. The lowest BCUT2D eigenvalue weighted by Gasteiger charge is -2.14. The molecule has 29 heavy (non-hydrogen) atoms. The predicted molar refractivity (Wildman–Crippen MR) is 98.9 cm³/mol. The van der Waals surface area contributed by atoms with Gasteiger partial charge in [0.1, 0.15) is 13.3 Å². The lowest BCUT2D eigenvalue weighted by atomic mass is 10.2. The number of methoxy groups -OCH3 is 1. The summed E-state index contributed by atoms with van der Waals surface area (Å²) < 4.78 is 50.3. The van der Waals surface area contributed by atoms with Gasteiger partial charge in [-0.25, -0.2) is 18.0 Å². The van der Waals surface area contributed by atoms with E-state index in [2.05, 4.69) is 4.98 Å². The standard InChI is InChI=1S/C19H17F3N2O5/c1-28-17-4-10(2-3-15(17)25)9-24-18(26)12-5-16(29-11(7-20)8-21)13(22)6-14(12)23-19(24)27/h2-6,11,25H,7-9H2,1H3,(H,23,27). The molecule has 2 aromatic carbocycles. The molecule has 1 aromatic heterocycles. The number of aromatic amines is 1. The molecule has 0 radical (unpaired) electrons. The molecule has 0 spiro atoms. The average Bonchev–Trinajstić information content (AvgIpc) is 2.71. The lowest BCUT2D eigenvalue weighted by molar-refractivity contribution is 0.129. The van der Waals surface area contributed by atoms with Crippen LogP contribution in [0.3, 0.4) is 0 Å². The van der Waals surface area contributed by atoms with Crippen LogP contribution in [0, 0.1) is 5.82 Å². The Balaban J connectivity index is 2.08. The molecule has 0 aliphatic heterocycles. The van der Waals surface area contributed by atoms with Crippen molar-refractivity contribution in [3.05, 3.63) is 62.6 Å². The molecule has 0 aliphatic rings. The molecule has 0 saturated heterocycles. The average molecular weight is 410 g/mol. The van der Waals surface area contributed by atoms with Crippen LogP contribution < -0.4 is 20.7 Å². The number of phenols is 1. The first kappa shape index (κ1) is 20.3.